The van der Waals surface area contributed by atoms with Crippen LogP contribution in [0.4, 0.5) is 10.5 Å². The summed E-state index contributed by atoms with van der Waals surface area (Å²) in [5.74, 6) is -0.738. The number of amides is 1. The molecule has 0 aliphatic rings. The fourth-order valence-electron chi connectivity index (χ4n) is 1.96. The zero-order chi connectivity index (χ0) is 16.6. The smallest absolute Gasteiger partial charge is 0.412 e. The van der Waals surface area contributed by atoms with Crippen LogP contribution in [-0.2, 0) is 16.0 Å². The van der Waals surface area contributed by atoms with E-state index in [1.807, 2.05) is 45.0 Å². The van der Waals surface area contributed by atoms with Crippen LogP contribution in [0.1, 0.15) is 52.0 Å². The van der Waals surface area contributed by atoms with E-state index in [0.29, 0.717) is 12.1 Å². The van der Waals surface area contributed by atoms with Crippen LogP contribution in [0.2, 0.25) is 0 Å². The van der Waals surface area contributed by atoms with Crippen molar-refractivity contribution in [3.8, 4) is 0 Å². The van der Waals surface area contributed by atoms with Gasteiger partial charge in [-0.3, -0.25) is 10.1 Å². The largest absolute Gasteiger partial charge is 0.481 e. The molecule has 122 valence electrons. The minimum absolute atomic E-state index is 0.235. The summed E-state index contributed by atoms with van der Waals surface area (Å²) in [6.07, 6.45) is 3.27. The number of hydrogen-bond donors (Lipinski definition) is 2. The molecule has 5 nitrogen and oxygen atoms in total. The molecule has 0 saturated carbocycles. The Morgan fingerprint density at radius 1 is 1.09 bits per heavy atom. The van der Waals surface area contributed by atoms with Gasteiger partial charge in [0.15, 0.2) is 0 Å². The van der Waals surface area contributed by atoms with Crippen molar-refractivity contribution in [2.75, 3.05) is 5.32 Å². The molecular formula is C17H25NO4. The third kappa shape index (κ3) is 8.29. The summed E-state index contributed by atoms with van der Waals surface area (Å²) in [6.45, 7) is 5.46. The normalized spacial score (nSPS) is 11.0. The molecule has 0 fully saturated rings. The van der Waals surface area contributed by atoms with E-state index in [1.165, 1.54) is 5.56 Å². The zero-order valence-corrected chi connectivity index (χ0v) is 13.5. The summed E-state index contributed by atoms with van der Waals surface area (Å²) >= 11 is 0. The maximum Gasteiger partial charge on any atom is 0.412 e. The Kier molecular flexibility index (Phi) is 6.89. The van der Waals surface area contributed by atoms with Gasteiger partial charge < -0.3 is 9.84 Å². The molecule has 2 N–H and O–H groups in total. The number of aryl methyl sites for hydroxylation is 1. The average Bonchev–Trinajstić information content (AvgIpc) is 2.37. The monoisotopic (exact) mass is 307 g/mol. The topological polar surface area (TPSA) is 75.6 Å². The fraction of sp³-hybridized carbons (Fsp3) is 0.529. The predicted molar refractivity (Wildman–Crippen MR) is 86.1 cm³/mol. The van der Waals surface area contributed by atoms with Crippen molar-refractivity contribution in [3.63, 3.8) is 0 Å². The highest BCUT2D eigenvalue weighted by atomic mass is 16.6. The molecule has 5 heteroatoms. The summed E-state index contributed by atoms with van der Waals surface area (Å²) in [5.41, 5.74) is 1.36. The van der Waals surface area contributed by atoms with Crippen LogP contribution in [-0.4, -0.2) is 22.8 Å². The second-order valence-corrected chi connectivity index (χ2v) is 6.28. The van der Waals surface area contributed by atoms with E-state index in [2.05, 4.69) is 5.32 Å². The molecular weight excluding hydrogens is 282 g/mol. The SMILES string of the molecule is CC(C)(C)OC(=O)Nc1ccc(CCCCCC(=O)O)cc1. The minimum atomic E-state index is -0.738. The first-order valence-electron chi connectivity index (χ1n) is 7.57. The molecule has 0 aliphatic heterocycles. The summed E-state index contributed by atoms with van der Waals surface area (Å²) < 4.78 is 5.18. The van der Waals surface area contributed by atoms with Crippen LogP contribution in [0.5, 0.6) is 0 Å². The number of unbranched alkanes of at least 4 members (excludes halogenated alkanes) is 2. The molecule has 1 aromatic carbocycles. The maximum atomic E-state index is 11.6. The molecule has 0 unspecified atom stereocenters. The number of anilines is 1. The summed E-state index contributed by atoms with van der Waals surface area (Å²) in [6, 6.07) is 7.61. The molecule has 1 amide bonds. The van der Waals surface area contributed by atoms with Crippen LogP contribution in [0.3, 0.4) is 0 Å². The van der Waals surface area contributed by atoms with Gasteiger partial charge in [-0.05, 0) is 57.7 Å². The van der Waals surface area contributed by atoms with E-state index in [9.17, 15) is 9.59 Å². The molecule has 1 aromatic rings. The van der Waals surface area contributed by atoms with Crippen LogP contribution in [0, 0.1) is 0 Å². The summed E-state index contributed by atoms with van der Waals surface area (Å²) in [7, 11) is 0. The van der Waals surface area contributed by atoms with Gasteiger partial charge in [0.1, 0.15) is 5.60 Å². The molecule has 22 heavy (non-hydrogen) atoms. The van der Waals surface area contributed by atoms with Gasteiger partial charge in [-0.25, -0.2) is 4.79 Å². The minimum Gasteiger partial charge on any atom is -0.481 e. The van der Waals surface area contributed by atoms with Crippen molar-refractivity contribution in [2.24, 2.45) is 0 Å². The molecule has 0 spiro atoms. The van der Waals surface area contributed by atoms with Gasteiger partial charge in [-0.15, -0.1) is 0 Å². The van der Waals surface area contributed by atoms with E-state index >= 15 is 0 Å². The number of carboxylic acid groups (broad SMARTS) is 1. The second-order valence-electron chi connectivity index (χ2n) is 6.28. The van der Waals surface area contributed by atoms with Crippen molar-refractivity contribution in [3.05, 3.63) is 29.8 Å². The lowest BCUT2D eigenvalue weighted by molar-refractivity contribution is -0.137. The highest BCUT2D eigenvalue weighted by Gasteiger charge is 2.15. The molecule has 0 radical (unpaired) electrons. The molecule has 0 aliphatic carbocycles. The standard InChI is InChI=1S/C17H25NO4/c1-17(2,3)22-16(21)18-14-11-9-13(10-12-14)7-5-4-6-8-15(19)20/h9-12H,4-8H2,1-3H3,(H,18,21)(H,19,20). The highest BCUT2D eigenvalue weighted by Crippen LogP contribution is 2.14. The first-order valence-corrected chi connectivity index (χ1v) is 7.57. The van der Waals surface area contributed by atoms with Gasteiger partial charge >= 0.3 is 12.1 Å². The van der Waals surface area contributed by atoms with Crippen LogP contribution < -0.4 is 5.32 Å². The van der Waals surface area contributed by atoms with Crippen molar-refractivity contribution < 1.29 is 19.4 Å². The molecule has 0 aromatic heterocycles. The highest BCUT2D eigenvalue weighted by molar-refractivity contribution is 5.84. The Hall–Kier alpha value is -2.04. The number of ether oxygens (including phenoxy) is 1. The number of rotatable bonds is 7. The first-order chi connectivity index (χ1) is 10.3. The van der Waals surface area contributed by atoms with Gasteiger partial charge in [-0.1, -0.05) is 18.6 Å². The number of benzene rings is 1. The van der Waals surface area contributed by atoms with Crippen molar-refractivity contribution in [2.45, 2.75) is 58.5 Å². The summed E-state index contributed by atoms with van der Waals surface area (Å²) in [5, 5.41) is 11.2. The van der Waals surface area contributed by atoms with E-state index in [-0.39, 0.29) is 6.42 Å². The Bertz CT molecular complexity index is 488. The number of carbonyl (C=O) groups excluding carboxylic acids is 1. The lowest BCUT2D eigenvalue weighted by Crippen LogP contribution is -2.27. The fourth-order valence-corrected chi connectivity index (χ4v) is 1.96. The zero-order valence-electron chi connectivity index (χ0n) is 13.5. The lowest BCUT2D eigenvalue weighted by Gasteiger charge is -2.19. The molecule has 0 bridgehead atoms. The summed E-state index contributed by atoms with van der Waals surface area (Å²) in [4.78, 5) is 22.0. The number of aliphatic carboxylic acids is 1. The first kappa shape index (κ1) is 18.0. The van der Waals surface area contributed by atoms with Gasteiger partial charge in [0.05, 0.1) is 0 Å². The Morgan fingerprint density at radius 2 is 1.73 bits per heavy atom. The molecule has 0 atom stereocenters. The third-order valence-corrected chi connectivity index (χ3v) is 2.96. The quantitative estimate of drug-likeness (QED) is 0.739. The molecule has 0 heterocycles. The van der Waals surface area contributed by atoms with E-state index in [1.54, 1.807) is 0 Å². The second kappa shape index (κ2) is 8.41. The Morgan fingerprint density at radius 3 is 2.27 bits per heavy atom. The van der Waals surface area contributed by atoms with Crippen LogP contribution >= 0.6 is 0 Å². The number of nitrogens with one attached hydrogen (secondary N) is 1. The number of carboxylic acids is 1. The molecule has 0 saturated heterocycles. The van der Waals surface area contributed by atoms with E-state index in [4.69, 9.17) is 9.84 Å². The van der Waals surface area contributed by atoms with Gasteiger partial charge in [-0.2, -0.15) is 0 Å². The Balaban J connectivity index is 2.33. The number of hydrogen-bond acceptors (Lipinski definition) is 3. The predicted octanol–water partition coefficient (Wildman–Crippen LogP) is 4.22. The van der Waals surface area contributed by atoms with Crippen LogP contribution in [0.25, 0.3) is 0 Å². The lowest BCUT2D eigenvalue weighted by atomic mass is 10.1. The van der Waals surface area contributed by atoms with Gasteiger partial charge in [0, 0.05) is 12.1 Å². The number of carbonyl (C=O) groups is 2. The Labute approximate surface area is 131 Å². The average molecular weight is 307 g/mol. The van der Waals surface area contributed by atoms with Gasteiger partial charge in [0.2, 0.25) is 0 Å². The van der Waals surface area contributed by atoms with E-state index < -0.39 is 17.7 Å². The van der Waals surface area contributed by atoms with Gasteiger partial charge in [0.25, 0.3) is 0 Å². The maximum absolute atomic E-state index is 11.6. The van der Waals surface area contributed by atoms with Crippen LogP contribution in [0.15, 0.2) is 24.3 Å². The third-order valence-electron chi connectivity index (χ3n) is 2.96. The van der Waals surface area contributed by atoms with Crippen molar-refractivity contribution in [1.29, 1.82) is 0 Å². The van der Waals surface area contributed by atoms with Crippen molar-refractivity contribution >= 4 is 17.7 Å². The van der Waals surface area contributed by atoms with E-state index in [0.717, 1.165) is 19.3 Å². The van der Waals surface area contributed by atoms with Crippen molar-refractivity contribution in [1.82, 2.24) is 0 Å². The molecule has 1 rings (SSSR count).